The van der Waals surface area contributed by atoms with Gasteiger partial charge in [-0.05, 0) is 26.2 Å². The highest BCUT2D eigenvalue weighted by molar-refractivity contribution is 5.88. The number of rotatable bonds is 12. The number of nitrogens with one attached hydrogen (secondary N) is 2. The van der Waals surface area contributed by atoms with Gasteiger partial charge in [-0.1, -0.05) is 13.3 Å². The van der Waals surface area contributed by atoms with Crippen molar-refractivity contribution in [3.05, 3.63) is 0 Å². The lowest BCUT2D eigenvalue weighted by molar-refractivity contribution is -0.147. The van der Waals surface area contributed by atoms with Gasteiger partial charge in [0.15, 0.2) is 0 Å². The fraction of sp³-hybridized carbons (Fsp3) is 0.733. The summed E-state index contributed by atoms with van der Waals surface area (Å²) < 4.78 is 4.97. The quantitative estimate of drug-likeness (QED) is 0.356. The highest BCUT2D eigenvalue weighted by Crippen LogP contribution is 1.99. The summed E-state index contributed by atoms with van der Waals surface area (Å²) in [4.78, 5) is 44.9. The van der Waals surface area contributed by atoms with Gasteiger partial charge in [0, 0.05) is 12.8 Å². The second-order valence-electron chi connectivity index (χ2n) is 5.19. The molecule has 0 aliphatic carbocycles. The number of hydrogen-bond donors (Lipinski definition) is 3. The first-order chi connectivity index (χ1) is 10.9. The zero-order valence-corrected chi connectivity index (χ0v) is 13.7. The van der Waals surface area contributed by atoms with Gasteiger partial charge in [-0.3, -0.25) is 14.4 Å². The van der Waals surface area contributed by atoms with Gasteiger partial charge in [0.2, 0.25) is 11.8 Å². The Morgan fingerprint density at radius 2 is 1.70 bits per heavy atom. The third kappa shape index (κ3) is 12.1. The molecule has 0 rings (SSSR count). The lowest BCUT2D eigenvalue weighted by atomic mass is 10.2. The van der Waals surface area contributed by atoms with Crippen LogP contribution in [0.3, 0.4) is 0 Å². The summed E-state index contributed by atoms with van der Waals surface area (Å²) in [6.45, 7) is 3.58. The van der Waals surface area contributed by atoms with Crippen LogP contribution >= 0.6 is 0 Å². The standard InChI is InChI=1S/C15H26N2O6/c1-3-4-9-23-15(22)11(2)17-13(19)10-16-12(18)7-5-6-8-14(20)21/h11H,3-10H2,1-2H3,(H,16,18)(H,17,19)(H,20,21)/t11-/m0/s1. The van der Waals surface area contributed by atoms with Crippen molar-refractivity contribution in [1.29, 1.82) is 0 Å². The van der Waals surface area contributed by atoms with Crippen LogP contribution in [-0.2, 0) is 23.9 Å². The molecule has 3 N–H and O–H groups in total. The largest absolute Gasteiger partial charge is 0.481 e. The molecular formula is C15H26N2O6. The molecule has 0 aromatic carbocycles. The van der Waals surface area contributed by atoms with Crippen LogP contribution in [0, 0.1) is 0 Å². The monoisotopic (exact) mass is 330 g/mol. The molecule has 0 unspecified atom stereocenters. The van der Waals surface area contributed by atoms with Crippen LogP contribution in [0.25, 0.3) is 0 Å². The molecule has 0 aromatic rings. The summed E-state index contributed by atoms with van der Waals surface area (Å²) in [5, 5.41) is 13.3. The van der Waals surface area contributed by atoms with Crippen molar-refractivity contribution in [2.75, 3.05) is 13.2 Å². The second-order valence-corrected chi connectivity index (χ2v) is 5.19. The first-order valence-electron chi connectivity index (χ1n) is 7.81. The van der Waals surface area contributed by atoms with Crippen molar-refractivity contribution in [2.24, 2.45) is 0 Å². The summed E-state index contributed by atoms with van der Waals surface area (Å²) in [6.07, 6.45) is 2.72. The molecule has 8 heteroatoms. The fourth-order valence-corrected chi connectivity index (χ4v) is 1.62. The number of esters is 1. The van der Waals surface area contributed by atoms with Gasteiger partial charge in [-0.2, -0.15) is 0 Å². The topological polar surface area (TPSA) is 122 Å². The van der Waals surface area contributed by atoms with Crippen molar-refractivity contribution in [3.63, 3.8) is 0 Å². The lowest BCUT2D eigenvalue weighted by Crippen LogP contribution is -2.44. The van der Waals surface area contributed by atoms with Crippen LogP contribution < -0.4 is 10.6 Å². The van der Waals surface area contributed by atoms with E-state index in [0.717, 1.165) is 12.8 Å². The predicted molar refractivity (Wildman–Crippen MR) is 82.6 cm³/mol. The summed E-state index contributed by atoms with van der Waals surface area (Å²) in [5.74, 6) is -2.22. The molecule has 0 saturated carbocycles. The molecule has 8 nitrogen and oxygen atoms in total. The lowest BCUT2D eigenvalue weighted by Gasteiger charge is -2.13. The molecule has 0 bridgehead atoms. The van der Waals surface area contributed by atoms with Crippen molar-refractivity contribution in [1.82, 2.24) is 10.6 Å². The minimum Gasteiger partial charge on any atom is -0.481 e. The van der Waals surface area contributed by atoms with E-state index >= 15 is 0 Å². The molecule has 0 aromatic heterocycles. The number of ether oxygens (including phenoxy) is 1. The number of unbranched alkanes of at least 4 members (excludes halogenated alkanes) is 2. The van der Waals surface area contributed by atoms with Gasteiger partial charge in [0.25, 0.3) is 0 Å². The van der Waals surface area contributed by atoms with E-state index < -0.39 is 23.9 Å². The predicted octanol–water partition coefficient (Wildman–Crippen LogP) is 0.596. The third-order valence-electron chi connectivity index (χ3n) is 2.96. The van der Waals surface area contributed by atoms with Gasteiger partial charge in [-0.25, -0.2) is 4.79 Å². The van der Waals surface area contributed by atoms with Crippen LogP contribution in [0.15, 0.2) is 0 Å². The molecule has 0 radical (unpaired) electrons. The van der Waals surface area contributed by atoms with E-state index in [1.807, 2.05) is 6.92 Å². The van der Waals surface area contributed by atoms with Crippen LogP contribution in [0.2, 0.25) is 0 Å². The minimum absolute atomic E-state index is 0.0193. The van der Waals surface area contributed by atoms with Crippen LogP contribution in [0.1, 0.15) is 52.4 Å². The van der Waals surface area contributed by atoms with Crippen molar-refractivity contribution in [2.45, 2.75) is 58.4 Å². The Labute approximate surface area is 136 Å². The zero-order valence-electron chi connectivity index (χ0n) is 13.7. The van der Waals surface area contributed by atoms with Gasteiger partial charge < -0.3 is 20.5 Å². The van der Waals surface area contributed by atoms with Crippen molar-refractivity contribution < 1.29 is 29.0 Å². The smallest absolute Gasteiger partial charge is 0.328 e. The van der Waals surface area contributed by atoms with Crippen molar-refractivity contribution in [3.8, 4) is 0 Å². The Balaban J connectivity index is 3.81. The molecule has 0 aliphatic rings. The van der Waals surface area contributed by atoms with Gasteiger partial charge in [-0.15, -0.1) is 0 Å². The molecule has 0 aliphatic heterocycles. The Kier molecular flexibility index (Phi) is 11.3. The van der Waals surface area contributed by atoms with E-state index in [0.29, 0.717) is 19.4 Å². The van der Waals surface area contributed by atoms with Gasteiger partial charge in [0.05, 0.1) is 13.2 Å². The third-order valence-corrected chi connectivity index (χ3v) is 2.96. The number of carbonyl (C=O) groups is 4. The Morgan fingerprint density at radius 1 is 1.04 bits per heavy atom. The van der Waals surface area contributed by atoms with Crippen LogP contribution in [-0.4, -0.2) is 48.1 Å². The normalized spacial score (nSPS) is 11.4. The first kappa shape index (κ1) is 20.9. The molecule has 0 heterocycles. The summed E-state index contributed by atoms with van der Waals surface area (Å²) in [5.41, 5.74) is 0. The second kappa shape index (κ2) is 12.4. The number of amides is 2. The molecule has 1 atom stereocenters. The Hall–Kier alpha value is -2.12. The molecule has 132 valence electrons. The SMILES string of the molecule is CCCCOC(=O)[C@H](C)NC(=O)CNC(=O)CCCCC(=O)O. The van der Waals surface area contributed by atoms with Crippen LogP contribution in [0.5, 0.6) is 0 Å². The summed E-state index contributed by atoms with van der Waals surface area (Å²) in [6, 6.07) is -0.771. The molecule has 0 saturated heterocycles. The average Bonchev–Trinajstić information content (AvgIpc) is 2.49. The summed E-state index contributed by atoms with van der Waals surface area (Å²) in [7, 11) is 0. The molecule has 23 heavy (non-hydrogen) atoms. The maximum absolute atomic E-state index is 11.6. The van der Waals surface area contributed by atoms with E-state index in [1.165, 1.54) is 6.92 Å². The Morgan fingerprint density at radius 3 is 2.30 bits per heavy atom. The highest BCUT2D eigenvalue weighted by atomic mass is 16.5. The van der Waals surface area contributed by atoms with E-state index in [9.17, 15) is 19.2 Å². The molecule has 0 fully saturated rings. The molecule has 2 amide bonds. The molecular weight excluding hydrogens is 304 g/mol. The molecule has 0 spiro atoms. The number of carbonyl (C=O) groups excluding carboxylic acids is 3. The number of carboxylic acids is 1. The van der Waals surface area contributed by atoms with Gasteiger partial charge >= 0.3 is 11.9 Å². The van der Waals surface area contributed by atoms with Crippen LogP contribution in [0.4, 0.5) is 0 Å². The maximum Gasteiger partial charge on any atom is 0.328 e. The van der Waals surface area contributed by atoms with E-state index in [-0.39, 0.29) is 25.3 Å². The van der Waals surface area contributed by atoms with E-state index in [1.54, 1.807) is 0 Å². The first-order valence-corrected chi connectivity index (χ1v) is 7.81. The van der Waals surface area contributed by atoms with E-state index in [2.05, 4.69) is 10.6 Å². The highest BCUT2D eigenvalue weighted by Gasteiger charge is 2.17. The zero-order chi connectivity index (χ0) is 17.7. The number of aliphatic carboxylic acids is 1. The van der Waals surface area contributed by atoms with Crippen molar-refractivity contribution >= 4 is 23.8 Å². The number of carboxylic acid groups (broad SMARTS) is 1. The Bertz CT molecular complexity index is 411. The number of hydrogen-bond acceptors (Lipinski definition) is 5. The average molecular weight is 330 g/mol. The fourth-order valence-electron chi connectivity index (χ4n) is 1.62. The van der Waals surface area contributed by atoms with E-state index in [4.69, 9.17) is 9.84 Å². The minimum atomic E-state index is -0.899. The maximum atomic E-state index is 11.6. The van der Waals surface area contributed by atoms with Gasteiger partial charge in [0.1, 0.15) is 6.04 Å². The summed E-state index contributed by atoms with van der Waals surface area (Å²) >= 11 is 0.